The lowest BCUT2D eigenvalue weighted by Crippen LogP contribution is -2.17. The first-order valence-electron chi connectivity index (χ1n) is 8.44. The van der Waals surface area contributed by atoms with Crippen molar-refractivity contribution < 1.29 is 9.53 Å². The number of nitrogens with one attached hydrogen (secondary N) is 1. The van der Waals surface area contributed by atoms with Crippen LogP contribution in [0.5, 0.6) is 5.75 Å². The van der Waals surface area contributed by atoms with E-state index in [9.17, 15) is 4.79 Å². The highest BCUT2D eigenvalue weighted by atomic mass is 16.5. The Balaban J connectivity index is 1.47. The van der Waals surface area contributed by atoms with Crippen LogP contribution in [-0.2, 0) is 13.0 Å². The maximum atomic E-state index is 12.1. The van der Waals surface area contributed by atoms with Crippen molar-refractivity contribution >= 4 is 12.1 Å². The van der Waals surface area contributed by atoms with E-state index in [4.69, 9.17) is 4.74 Å². The van der Waals surface area contributed by atoms with Crippen molar-refractivity contribution in [2.45, 2.75) is 13.0 Å². The molecule has 0 aliphatic carbocycles. The van der Waals surface area contributed by atoms with E-state index in [1.807, 2.05) is 60.7 Å². The Morgan fingerprint density at radius 3 is 2.12 bits per heavy atom. The monoisotopic (exact) mass is 344 g/mol. The predicted octanol–water partition coefficient (Wildman–Crippen LogP) is 4.22. The molecule has 0 radical (unpaired) electrons. The van der Waals surface area contributed by atoms with Gasteiger partial charge in [-0.1, -0.05) is 60.7 Å². The summed E-state index contributed by atoms with van der Waals surface area (Å²) < 4.78 is 5.71. The molecular weight excluding hydrogens is 324 g/mol. The van der Waals surface area contributed by atoms with Crippen molar-refractivity contribution in [2.75, 3.05) is 0 Å². The third-order valence-electron chi connectivity index (χ3n) is 3.79. The van der Waals surface area contributed by atoms with Gasteiger partial charge in [0, 0.05) is 18.2 Å². The van der Waals surface area contributed by atoms with Crippen LogP contribution in [0.4, 0.5) is 0 Å². The first kappa shape index (κ1) is 17.4. The van der Waals surface area contributed by atoms with E-state index in [1.54, 1.807) is 30.5 Å². The average molecular weight is 344 g/mol. The molecule has 130 valence electrons. The van der Waals surface area contributed by atoms with Crippen LogP contribution in [-0.4, -0.2) is 12.1 Å². The molecule has 0 aliphatic rings. The molecule has 0 saturated carbocycles. The Hall–Kier alpha value is -3.40. The topological polar surface area (TPSA) is 50.7 Å². The summed E-state index contributed by atoms with van der Waals surface area (Å²) in [5.74, 6) is 0.474. The van der Waals surface area contributed by atoms with Gasteiger partial charge in [0.2, 0.25) is 0 Å². The highest BCUT2D eigenvalue weighted by Crippen LogP contribution is 2.14. The van der Waals surface area contributed by atoms with Crippen molar-refractivity contribution in [3.63, 3.8) is 0 Å². The Labute approximate surface area is 153 Å². The summed E-state index contributed by atoms with van der Waals surface area (Å²) in [5.41, 5.74) is 5.32. The van der Waals surface area contributed by atoms with Crippen LogP contribution < -0.4 is 10.2 Å². The summed E-state index contributed by atoms with van der Waals surface area (Å²) >= 11 is 0. The van der Waals surface area contributed by atoms with Crippen LogP contribution >= 0.6 is 0 Å². The molecule has 0 aliphatic heterocycles. The van der Waals surface area contributed by atoms with E-state index in [0.717, 1.165) is 16.9 Å². The lowest BCUT2D eigenvalue weighted by Gasteiger charge is -2.07. The van der Waals surface area contributed by atoms with Crippen LogP contribution in [0.25, 0.3) is 0 Å². The number of benzene rings is 3. The molecule has 0 unspecified atom stereocenters. The van der Waals surface area contributed by atoms with E-state index >= 15 is 0 Å². The minimum absolute atomic E-state index is 0.246. The zero-order chi connectivity index (χ0) is 18.0. The maximum absolute atomic E-state index is 12.1. The van der Waals surface area contributed by atoms with Gasteiger partial charge in [-0.3, -0.25) is 4.79 Å². The van der Waals surface area contributed by atoms with Gasteiger partial charge >= 0.3 is 0 Å². The van der Waals surface area contributed by atoms with E-state index in [0.29, 0.717) is 18.6 Å². The van der Waals surface area contributed by atoms with Crippen molar-refractivity contribution in [2.24, 2.45) is 5.10 Å². The molecular formula is C22H20N2O2. The molecule has 0 saturated heterocycles. The van der Waals surface area contributed by atoms with Crippen LogP contribution in [0, 0.1) is 0 Å². The first-order valence-corrected chi connectivity index (χ1v) is 8.44. The van der Waals surface area contributed by atoms with Gasteiger partial charge in [0.05, 0.1) is 0 Å². The van der Waals surface area contributed by atoms with Crippen LogP contribution in [0.3, 0.4) is 0 Å². The molecule has 26 heavy (non-hydrogen) atoms. The number of amides is 1. The molecule has 4 nitrogen and oxygen atoms in total. The second kappa shape index (κ2) is 9.18. The first-order chi connectivity index (χ1) is 12.8. The SMILES string of the molecule is O=C(NN=CCc1ccccc1)c1ccc(OCc2ccccc2)cc1. The summed E-state index contributed by atoms with van der Waals surface area (Å²) in [4.78, 5) is 12.1. The highest BCUT2D eigenvalue weighted by molar-refractivity contribution is 5.94. The summed E-state index contributed by atoms with van der Waals surface area (Å²) in [7, 11) is 0. The van der Waals surface area contributed by atoms with Gasteiger partial charge < -0.3 is 4.74 Å². The normalized spacial score (nSPS) is 10.6. The number of ether oxygens (including phenoxy) is 1. The van der Waals surface area contributed by atoms with E-state index in [2.05, 4.69) is 10.5 Å². The summed E-state index contributed by atoms with van der Waals surface area (Å²) in [5, 5.41) is 3.99. The third kappa shape index (κ3) is 5.31. The fraction of sp³-hybridized carbons (Fsp3) is 0.0909. The van der Waals surface area contributed by atoms with Crippen LogP contribution in [0.2, 0.25) is 0 Å². The van der Waals surface area contributed by atoms with Crippen molar-refractivity contribution in [1.29, 1.82) is 0 Å². The minimum Gasteiger partial charge on any atom is -0.489 e. The molecule has 0 heterocycles. The van der Waals surface area contributed by atoms with E-state index in [-0.39, 0.29) is 5.91 Å². The molecule has 1 N–H and O–H groups in total. The second-order valence-corrected chi connectivity index (χ2v) is 5.74. The molecule has 3 aromatic rings. The number of hydrogen-bond donors (Lipinski definition) is 1. The van der Waals surface area contributed by atoms with Gasteiger partial charge in [-0.05, 0) is 35.4 Å². The van der Waals surface area contributed by atoms with Crippen molar-refractivity contribution in [1.82, 2.24) is 5.43 Å². The maximum Gasteiger partial charge on any atom is 0.271 e. The number of carbonyl (C=O) groups is 1. The largest absolute Gasteiger partial charge is 0.489 e. The lowest BCUT2D eigenvalue weighted by molar-refractivity contribution is 0.0955. The third-order valence-corrected chi connectivity index (χ3v) is 3.79. The quantitative estimate of drug-likeness (QED) is 0.515. The van der Waals surface area contributed by atoms with Gasteiger partial charge in [0.25, 0.3) is 5.91 Å². The molecule has 1 amide bonds. The Morgan fingerprint density at radius 2 is 1.46 bits per heavy atom. The van der Waals surface area contributed by atoms with Crippen LogP contribution in [0.1, 0.15) is 21.5 Å². The molecule has 3 aromatic carbocycles. The molecule has 0 aromatic heterocycles. The van der Waals surface area contributed by atoms with Crippen LogP contribution in [0.15, 0.2) is 90.0 Å². The van der Waals surface area contributed by atoms with Crippen molar-refractivity contribution in [3.8, 4) is 5.75 Å². The van der Waals surface area contributed by atoms with E-state index < -0.39 is 0 Å². The zero-order valence-electron chi connectivity index (χ0n) is 14.3. The number of rotatable bonds is 7. The molecule has 0 atom stereocenters. The number of hydrogen-bond acceptors (Lipinski definition) is 3. The van der Waals surface area contributed by atoms with E-state index in [1.165, 1.54) is 0 Å². The minimum atomic E-state index is -0.246. The fourth-order valence-electron chi connectivity index (χ4n) is 2.38. The molecule has 0 fully saturated rings. The lowest BCUT2D eigenvalue weighted by atomic mass is 10.2. The molecule has 4 heteroatoms. The molecule has 3 rings (SSSR count). The highest BCUT2D eigenvalue weighted by Gasteiger charge is 2.04. The summed E-state index contributed by atoms with van der Waals surface area (Å²) in [6.07, 6.45) is 2.36. The van der Waals surface area contributed by atoms with Gasteiger partial charge in [0.1, 0.15) is 12.4 Å². The zero-order valence-corrected chi connectivity index (χ0v) is 14.3. The molecule has 0 spiro atoms. The smallest absolute Gasteiger partial charge is 0.271 e. The summed E-state index contributed by atoms with van der Waals surface area (Å²) in [6, 6.07) is 26.9. The Kier molecular flexibility index (Phi) is 6.15. The molecule has 0 bridgehead atoms. The number of hydrazone groups is 1. The van der Waals surface area contributed by atoms with Gasteiger partial charge in [-0.25, -0.2) is 5.43 Å². The van der Waals surface area contributed by atoms with Gasteiger partial charge in [-0.15, -0.1) is 0 Å². The standard InChI is InChI=1S/C22H20N2O2/c25-22(24-23-16-15-18-7-3-1-4-8-18)20-11-13-21(14-12-20)26-17-19-9-5-2-6-10-19/h1-14,16H,15,17H2,(H,24,25). The fourth-order valence-corrected chi connectivity index (χ4v) is 2.38. The average Bonchev–Trinajstić information content (AvgIpc) is 2.71. The van der Waals surface area contributed by atoms with Crippen molar-refractivity contribution in [3.05, 3.63) is 102 Å². The van der Waals surface area contributed by atoms with Gasteiger partial charge in [-0.2, -0.15) is 5.10 Å². The van der Waals surface area contributed by atoms with Gasteiger partial charge in [0.15, 0.2) is 0 Å². The summed E-state index contributed by atoms with van der Waals surface area (Å²) in [6.45, 7) is 0.496. The number of carbonyl (C=O) groups excluding carboxylic acids is 1. The number of nitrogens with zero attached hydrogens (tertiary/aromatic N) is 1. The predicted molar refractivity (Wildman–Crippen MR) is 103 cm³/mol. The Bertz CT molecular complexity index is 844. The second-order valence-electron chi connectivity index (χ2n) is 5.74. The Morgan fingerprint density at radius 1 is 0.846 bits per heavy atom.